The lowest BCUT2D eigenvalue weighted by Gasteiger charge is -2.26. The number of nitrogens with one attached hydrogen (secondary N) is 2. The van der Waals surface area contributed by atoms with E-state index in [9.17, 15) is 9.59 Å². The molecule has 19 heavy (non-hydrogen) atoms. The second kappa shape index (κ2) is 6.22. The molecule has 2 N–H and O–H groups in total. The highest BCUT2D eigenvalue weighted by Crippen LogP contribution is 2.48. The fourth-order valence-electron chi connectivity index (χ4n) is 3.27. The van der Waals surface area contributed by atoms with E-state index in [0.717, 1.165) is 19.3 Å². The van der Waals surface area contributed by atoms with Gasteiger partial charge in [0.1, 0.15) is 0 Å². The van der Waals surface area contributed by atoms with Crippen molar-refractivity contribution in [3.63, 3.8) is 0 Å². The van der Waals surface area contributed by atoms with Gasteiger partial charge >= 0.3 is 0 Å². The number of hydrogen-bond acceptors (Lipinski definition) is 2. The van der Waals surface area contributed by atoms with Crippen molar-refractivity contribution in [2.45, 2.75) is 33.1 Å². The molecule has 2 aliphatic carbocycles. The minimum Gasteiger partial charge on any atom is -0.356 e. The Bertz CT molecular complexity index is 344. The summed E-state index contributed by atoms with van der Waals surface area (Å²) in [5, 5.41) is 5.89. The number of amides is 2. The van der Waals surface area contributed by atoms with Crippen LogP contribution in [-0.2, 0) is 9.59 Å². The molecule has 4 nitrogen and oxygen atoms in total. The monoisotopic (exact) mass is 264 g/mol. The second-order valence-electron chi connectivity index (χ2n) is 5.58. The molecule has 0 unspecified atom stereocenters. The van der Waals surface area contributed by atoms with Gasteiger partial charge in [0.05, 0.1) is 11.8 Å². The summed E-state index contributed by atoms with van der Waals surface area (Å²) >= 11 is 0. The number of carbonyl (C=O) groups excluding carboxylic acids is 2. The summed E-state index contributed by atoms with van der Waals surface area (Å²) in [6, 6.07) is 0. The quantitative estimate of drug-likeness (QED) is 0.714. The van der Waals surface area contributed by atoms with Gasteiger partial charge in [-0.3, -0.25) is 9.59 Å². The van der Waals surface area contributed by atoms with E-state index < -0.39 is 0 Å². The molecule has 2 bridgehead atoms. The maximum Gasteiger partial charge on any atom is 0.224 e. The molecular formula is C15H24N2O2. The zero-order chi connectivity index (χ0) is 13.8. The van der Waals surface area contributed by atoms with Crippen LogP contribution >= 0.6 is 0 Å². The number of carbonyl (C=O) groups is 2. The van der Waals surface area contributed by atoms with E-state index in [1.165, 1.54) is 0 Å². The van der Waals surface area contributed by atoms with Crippen LogP contribution in [0.4, 0.5) is 0 Å². The lowest BCUT2D eigenvalue weighted by Crippen LogP contribution is -2.44. The number of allylic oxidation sites excluding steroid dienone is 2. The Morgan fingerprint density at radius 2 is 1.37 bits per heavy atom. The van der Waals surface area contributed by atoms with E-state index >= 15 is 0 Å². The average Bonchev–Trinajstić information content (AvgIpc) is 3.02. The topological polar surface area (TPSA) is 58.2 Å². The molecule has 0 aromatic heterocycles. The molecule has 1 saturated carbocycles. The van der Waals surface area contributed by atoms with Gasteiger partial charge in [-0.2, -0.15) is 0 Å². The maximum absolute atomic E-state index is 12.3. The average molecular weight is 264 g/mol. The minimum atomic E-state index is -0.168. The van der Waals surface area contributed by atoms with Gasteiger partial charge in [-0.1, -0.05) is 26.0 Å². The molecule has 2 aliphatic rings. The lowest BCUT2D eigenvalue weighted by molar-refractivity contribution is -0.135. The molecule has 0 aliphatic heterocycles. The zero-order valence-electron chi connectivity index (χ0n) is 11.8. The lowest BCUT2D eigenvalue weighted by atomic mass is 9.81. The van der Waals surface area contributed by atoms with E-state index in [-0.39, 0.29) is 35.5 Å². The van der Waals surface area contributed by atoms with E-state index in [4.69, 9.17) is 0 Å². The van der Waals surface area contributed by atoms with Crippen molar-refractivity contribution in [1.29, 1.82) is 0 Å². The summed E-state index contributed by atoms with van der Waals surface area (Å²) in [6.07, 6.45) is 7.04. The highest BCUT2D eigenvalue weighted by atomic mass is 16.2. The van der Waals surface area contributed by atoms with Crippen LogP contribution in [0, 0.1) is 23.7 Å². The fourth-order valence-corrected chi connectivity index (χ4v) is 3.27. The summed E-state index contributed by atoms with van der Waals surface area (Å²) < 4.78 is 0. The highest BCUT2D eigenvalue weighted by Gasteiger charge is 2.51. The molecule has 1 fully saturated rings. The van der Waals surface area contributed by atoms with Crippen molar-refractivity contribution in [3.05, 3.63) is 12.2 Å². The van der Waals surface area contributed by atoms with Crippen molar-refractivity contribution < 1.29 is 9.59 Å². The summed E-state index contributed by atoms with van der Waals surface area (Å²) in [5.41, 5.74) is 0. The third-order valence-corrected chi connectivity index (χ3v) is 4.16. The van der Waals surface area contributed by atoms with Gasteiger partial charge in [-0.25, -0.2) is 0 Å². The minimum absolute atomic E-state index is 0.0512. The van der Waals surface area contributed by atoms with E-state index in [0.29, 0.717) is 13.1 Å². The molecule has 0 spiro atoms. The summed E-state index contributed by atoms with van der Waals surface area (Å²) in [4.78, 5) is 24.5. The third-order valence-electron chi connectivity index (χ3n) is 4.16. The zero-order valence-corrected chi connectivity index (χ0v) is 11.8. The Balaban J connectivity index is 2.04. The first-order valence-corrected chi connectivity index (χ1v) is 7.42. The number of rotatable bonds is 6. The van der Waals surface area contributed by atoms with Gasteiger partial charge < -0.3 is 10.6 Å². The summed E-state index contributed by atoms with van der Waals surface area (Å²) in [6.45, 7) is 5.46. The maximum atomic E-state index is 12.3. The van der Waals surface area contributed by atoms with Gasteiger partial charge in [0.15, 0.2) is 0 Å². The summed E-state index contributed by atoms with van der Waals surface area (Å²) in [7, 11) is 0. The standard InChI is InChI=1S/C15H24N2O2/c1-3-7-16-14(18)12-10-5-6-11(9-10)13(12)15(19)17-8-4-2/h5-6,10-13H,3-4,7-9H2,1-2H3,(H,16,18)(H,17,19)/t10-,11+,12-,13+. The van der Waals surface area contributed by atoms with E-state index in [1.54, 1.807) is 0 Å². The highest BCUT2D eigenvalue weighted by molar-refractivity contribution is 5.89. The molecule has 0 saturated heterocycles. The SMILES string of the molecule is CCCNC(=O)[C@@H]1[C@H](C(=O)NCCC)[C@@H]2C=C[C@H]1C2. The van der Waals surface area contributed by atoms with Crippen LogP contribution in [0.25, 0.3) is 0 Å². The summed E-state index contributed by atoms with van der Waals surface area (Å²) in [5.74, 6) is 0.265. The Labute approximate surface area is 115 Å². The van der Waals surface area contributed by atoms with Crippen LogP contribution in [-0.4, -0.2) is 24.9 Å². The van der Waals surface area contributed by atoms with E-state index in [2.05, 4.69) is 22.8 Å². The van der Waals surface area contributed by atoms with Crippen molar-refractivity contribution in [1.82, 2.24) is 10.6 Å². The molecule has 4 atom stereocenters. The van der Waals surface area contributed by atoms with Gasteiger partial charge in [-0.15, -0.1) is 0 Å². The predicted molar refractivity (Wildman–Crippen MR) is 74.3 cm³/mol. The molecule has 0 aromatic carbocycles. The number of fused-ring (bicyclic) bond motifs is 2. The molecule has 106 valence electrons. The third kappa shape index (κ3) is 2.82. The van der Waals surface area contributed by atoms with Crippen molar-refractivity contribution in [3.8, 4) is 0 Å². The van der Waals surface area contributed by atoms with Crippen molar-refractivity contribution >= 4 is 11.8 Å². The van der Waals surface area contributed by atoms with Crippen LogP contribution in [0.15, 0.2) is 12.2 Å². The van der Waals surface area contributed by atoms with E-state index in [1.807, 2.05) is 13.8 Å². The largest absolute Gasteiger partial charge is 0.356 e. The molecule has 0 radical (unpaired) electrons. The van der Waals surface area contributed by atoms with Crippen LogP contribution in [0.1, 0.15) is 33.1 Å². The normalized spacial score (nSPS) is 31.5. The molecule has 2 amide bonds. The Hall–Kier alpha value is -1.32. The van der Waals surface area contributed by atoms with Crippen LogP contribution in [0.2, 0.25) is 0 Å². The van der Waals surface area contributed by atoms with Gasteiger partial charge in [0, 0.05) is 13.1 Å². The Morgan fingerprint density at radius 3 is 1.74 bits per heavy atom. The Kier molecular flexibility index (Phi) is 4.61. The van der Waals surface area contributed by atoms with Gasteiger partial charge in [-0.05, 0) is 31.1 Å². The molecule has 2 rings (SSSR count). The van der Waals surface area contributed by atoms with Crippen molar-refractivity contribution in [2.24, 2.45) is 23.7 Å². The molecule has 4 heteroatoms. The Morgan fingerprint density at radius 1 is 0.947 bits per heavy atom. The molecule has 0 aromatic rings. The van der Waals surface area contributed by atoms with Crippen LogP contribution in [0.5, 0.6) is 0 Å². The molecular weight excluding hydrogens is 240 g/mol. The van der Waals surface area contributed by atoms with Crippen LogP contribution < -0.4 is 10.6 Å². The number of hydrogen-bond donors (Lipinski definition) is 2. The smallest absolute Gasteiger partial charge is 0.224 e. The predicted octanol–water partition coefficient (Wildman–Crippen LogP) is 1.48. The first-order chi connectivity index (χ1) is 9.19. The van der Waals surface area contributed by atoms with Crippen LogP contribution in [0.3, 0.4) is 0 Å². The first kappa shape index (κ1) is 14.1. The van der Waals surface area contributed by atoms with Gasteiger partial charge in [0.2, 0.25) is 11.8 Å². The van der Waals surface area contributed by atoms with Crippen molar-refractivity contribution in [2.75, 3.05) is 13.1 Å². The first-order valence-electron chi connectivity index (χ1n) is 7.42. The second-order valence-corrected chi connectivity index (χ2v) is 5.58. The van der Waals surface area contributed by atoms with Gasteiger partial charge in [0.25, 0.3) is 0 Å². The fraction of sp³-hybridized carbons (Fsp3) is 0.733. The molecule has 0 heterocycles.